The normalized spacial score (nSPS) is 14.0. The molecular weight excluding hydrogens is 220 g/mol. The van der Waals surface area contributed by atoms with E-state index < -0.39 is 0 Å². The van der Waals surface area contributed by atoms with Gasteiger partial charge in [-0.05, 0) is 26.8 Å². The molecule has 92 valence electrons. The van der Waals surface area contributed by atoms with Crippen LogP contribution in [0.2, 0.25) is 0 Å². The van der Waals surface area contributed by atoms with Crippen molar-refractivity contribution in [1.82, 2.24) is 10.3 Å². The molecule has 1 rings (SSSR count). The Balaban J connectivity index is 2.63. The van der Waals surface area contributed by atoms with Crippen LogP contribution >= 0.6 is 11.3 Å². The third-order valence-electron chi connectivity index (χ3n) is 2.87. The number of methoxy groups -OCH3 is 1. The van der Waals surface area contributed by atoms with Gasteiger partial charge in [0.1, 0.15) is 0 Å². The van der Waals surface area contributed by atoms with Gasteiger partial charge in [-0.1, -0.05) is 6.92 Å². The van der Waals surface area contributed by atoms with Crippen LogP contribution in [0, 0.1) is 0 Å². The maximum Gasteiger partial charge on any atom is 0.0941 e. The van der Waals surface area contributed by atoms with Crippen molar-refractivity contribution in [2.75, 3.05) is 13.7 Å². The fourth-order valence-electron chi connectivity index (χ4n) is 1.55. The minimum absolute atomic E-state index is 0.166. The molecule has 1 atom stereocenters. The highest BCUT2D eigenvalue weighted by atomic mass is 32.1. The lowest BCUT2D eigenvalue weighted by molar-refractivity contribution is -0.00998. The lowest BCUT2D eigenvalue weighted by Gasteiger charge is -2.33. The van der Waals surface area contributed by atoms with Gasteiger partial charge in [-0.2, -0.15) is 0 Å². The minimum atomic E-state index is -0.166. The summed E-state index contributed by atoms with van der Waals surface area (Å²) in [4.78, 5) is 4.33. The van der Waals surface area contributed by atoms with Crippen LogP contribution in [-0.4, -0.2) is 30.3 Å². The zero-order valence-electron chi connectivity index (χ0n) is 10.6. The van der Waals surface area contributed by atoms with Crippen LogP contribution in [0.5, 0.6) is 0 Å². The number of hydrogen-bond donors (Lipinski definition) is 1. The molecular formula is C12H22N2OS. The Morgan fingerprint density at radius 1 is 1.56 bits per heavy atom. The third kappa shape index (κ3) is 3.85. The van der Waals surface area contributed by atoms with Gasteiger partial charge in [0.25, 0.3) is 0 Å². The lowest BCUT2D eigenvalue weighted by Crippen LogP contribution is -2.49. The molecule has 1 N–H and O–H groups in total. The van der Waals surface area contributed by atoms with Gasteiger partial charge >= 0.3 is 0 Å². The van der Waals surface area contributed by atoms with E-state index in [-0.39, 0.29) is 5.60 Å². The second-order valence-electron chi connectivity index (χ2n) is 4.44. The molecule has 0 bridgehead atoms. The highest BCUT2D eigenvalue weighted by Crippen LogP contribution is 2.19. The van der Waals surface area contributed by atoms with E-state index in [9.17, 15) is 0 Å². The Bertz CT molecular complexity index is 285. The van der Waals surface area contributed by atoms with Gasteiger partial charge in [-0.25, -0.2) is 4.98 Å². The summed E-state index contributed by atoms with van der Waals surface area (Å²) < 4.78 is 5.56. The maximum absolute atomic E-state index is 5.56. The number of rotatable bonds is 7. The van der Waals surface area contributed by atoms with Crippen LogP contribution in [-0.2, 0) is 11.2 Å². The fraction of sp³-hybridized carbons (Fsp3) is 0.750. The van der Waals surface area contributed by atoms with Crippen molar-refractivity contribution in [1.29, 1.82) is 0 Å². The summed E-state index contributed by atoms with van der Waals surface area (Å²) in [6.07, 6.45) is 3.92. The first-order chi connectivity index (χ1) is 7.60. The summed E-state index contributed by atoms with van der Waals surface area (Å²) in [7, 11) is 1.77. The van der Waals surface area contributed by atoms with Crippen LogP contribution in [0.25, 0.3) is 0 Å². The molecule has 0 aliphatic heterocycles. The van der Waals surface area contributed by atoms with E-state index in [4.69, 9.17) is 4.74 Å². The summed E-state index contributed by atoms with van der Waals surface area (Å²) in [5.41, 5.74) is -0.166. The molecule has 1 aromatic heterocycles. The van der Waals surface area contributed by atoms with Gasteiger partial charge in [0.2, 0.25) is 0 Å². The average molecular weight is 242 g/mol. The van der Waals surface area contributed by atoms with E-state index in [1.54, 1.807) is 18.4 Å². The highest BCUT2D eigenvalue weighted by molar-refractivity contribution is 7.09. The van der Waals surface area contributed by atoms with E-state index in [0.717, 1.165) is 19.4 Å². The molecule has 0 saturated carbocycles. The quantitative estimate of drug-likeness (QED) is 0.797. The molecule has 1 unspecified atom stereocenters. The van der Waals surface area contributed by atoms with Crippen molar-refractivity contribution in [2.24, 2.45) is 0 Å². The highest BCUT2D eigenvalue weighted by Gasteiger charge is 2.29. The SMILES string of the molecule is CCCNC(Cc1nccs1)C(C)(C)OC. The van der Waals surface area contributed by atoms with Crippen LogP contribution < -0.4 is 5.32 Å². The molecule has 0 spiro atoms. The summed E-state index contributed by atoms with van der Waals surface area (Å²) in [5, 5.41) is 6.73. The molecule has 0 saturated heterocycles. The summed E-state index contributed by atoms with van der Waals surface area (Å²) in [5.74, 6) is 0. The van der Waals surface area contributed by atoms with E-state index >= 15 is 0 Å². The first-order valence-electron chi connectivity index (χ1n) is 5.77. The lowest BCUT2D eigenvalue weighted by atomic mass is 9.95. The second-order valence-corrected chi connectivity index (χ2v) is 5.42. The first kappa shape index (κ1) is 13.6. The van der Waals surface area contributed by atoms with Gasteiger partial charge in [-0.15, -0.1) is 11.3 Å². The van der Waals surface area contributed by atoms with Crippen LogP contribution in [0.15, 0.2) is 11.6 Å². The molecule has 0 radical (unpaired) electrons. The Morgan fingerprint density at radius 2 is 2.31 bits per heavy atom. The molecule has 4 heteroatoms. The Hall–Kier alpha value is -0.450. The number of hydrogen-bond acceptors (Lipinski definition) is 4. The number of nitrogens with one attached hydrogen (secondary N) is 1. The maximum atomic E-state index is 5.56. The number of nitrogens with zero attached hydrogens (tertiary/aromatic N) is 1. The standard InChI is InChI=1S/C12H22N2OS/c1-5-6-13-10(12(2,3)15-4)9-11-14-7-8-16-11/h7-8,10,13H,5-6,9H2,1-4H3. The average Bonchev–Trinajstić information content (AvgIpc) is 2.76. The third-order valence-corrected chi connectivity index (χ3v) is 3.67. The van der Waals surface area contributed by atoms with Crippen LogP contribution in [0.4, 0.5) is 0 Å². The second kappa shape index (κ2) is 6.33. The van der Waals surface area contributed by atoms with Gasteiger partial charge in [-0.3, -0.25) is 0 Å². The van der Waals surface area contributed by atoms with Crippen molar-refractivity contribution in [3.63, 3.8) is 0 Å². The number of aromatic nitrogens is 1. The van der Waals surface area contributed by atoms with E-state index in [1.807, 2.05) is 11.6 Å². The Morgan fingerprint density at radius 3 is 2.81 bits per heavy atom. The molecule has 0 amide bonds. The topological polar surface area (TPSA) is 34.2 Å². The van der Waals surface area contributed by atoms with Crippen LogP contribution in [0.1, 0.15) is 32.2 Å². The van der Waals surface area contributed by atoms with Gasteiger partial charge in [0.15, 0.2) is 0 Å². The molecule has 16 heavy (non-hydrogen) atoms. The van der Waals surface area contributed by atoms with Crippen LogP contribution in [0.3, 0.4) is 0 Å². The Labute approximate surface area is 102 Å². The molecule has 3 nitrogen and oxygen atoms in total. The molecule has 0 aliphatic carbocycles. The van der Waals surface area contributed by atoms with Gasteiger partial charge < -0.3 is 10.1 Å². The van der Waals surface area contributed by atoms with Crippen molar-refractivity contribution in [3.05, 3.63) is 16.6 Å². The van der Waals surface area contributed by atoms with Crippen molar-refractivity contribution in [2.45, 2.75) is 45.3 Å². The van der Waals surface area contributed by atoms with Gasteiger partial charge in [0.05, 0.1) is 10.6 Å². The van der Waals surface area contributed by atoms with Crippen molar-refractivity contribution >= 4 is 11.3 Å². The molecule has 1 aromatic rings. The largest absolute Gasteiger partial charge is 0.377 e. The zero-order valence-corrected chi connectivity index (χ0v) is 11.4. The summed E-state index contributed by atoms with van der Waals surface area (Å²) in [6.45, 7) is 7.43. The predicted molar refractivity (Wildman–Crippen MR) is 69.0 cm³/mol. The van der Waals surface area contributed by atoms with Gasteiger partial charge in [0, 0.05) is 31.1 Å². The number of thiazole rings is 1. The zero-order chi connectivity index (χ0) is 12.0. The summed E-state index contributed by atoms with van der Waals surface area (Å²) >= 11 is 1.70. The number of ether oxygens (including phenoxy) is 1. The minimum Gasteiger partial charge on any atom is -0.377 e. The first-order valence-corrected chi connectivity index (χ1v) is 6.65. The van der Waals surface area contributed by atoms with E-state index in [0.29, 0.717) is 6.04 Å². The molecule has 0 fully saturated rings. The monoisotopic (exact) mass is 242 g/mol. The molecule has 0 aliphatic rings. The van der Waals surface area contributed by atoms with Crippen molar-refractivity contribution in [3.8, 4) is 0 Å². The Kier molecular flexibility index (Phi) is 5.38. The van der Waals surface area contributed by atoms with E-state index in [2.05, 4.69) is 31.1 Å². The van der Waals surface area contributed by atoms with E-state index in [1.165, 1.54) is 5.01 Å². The smallest absolute Gasteiger partial charge is 0.0941 e. The fourth-order valence-corrected chi connectivity index (χ4v) is 2.22. The molecule has 0 aromatic carbocycles. The molecule has 1 heterocycles. The van der Waals surface area contributed by atoms with Crippen molar-refractivity contribution < 1.29 is 4.74 Å². The predicted octanol–water partition coefficient (Wildman–Crippen LogP) is 2.48. The summed E-state index contributed by atoms with van der Waals surface area (Å²) in [6, 6.07) is 0.309.